The van der Waals surface area contributed by atoms with E-state index in [1.165, 1.54) is 0 Å². The molecule has 3 heterocycles. The number of aryl methyl sites for hydroxylation is 1. The molecule has 3 aromatic heterocycles. The van der Waals surface area contributed by atoms with Crippen LogP contribution in [0.2, 0.25) is 0 Å². The highest BCUT2D eigenvalue weighted by atomic mass is 16.3. The maximum absolute atomic E-state index is 10.0. The predicted molar refractivity (Wildman–Crippen MR) is 101 cm³/mol. The first-order chi connectivity index (χ1) is 12.6. The lowest BCUT2D eigenvalue weighted by atomic mass is 9.96. The van der Waals surface area contributed by atoms with Gasteiger partial charge in [-0.3, -0.25) is 4.68 Å². The van der Waals surface area contributed by atoms with Crippen LogP contribution in [0.15, 0.2) is 42.9 Å². The smallest absolute Gasteiger partial charge is 0.137 e. The van der Waals surface area contributed by atoms with Gasteiger partial charge >= 0.3 is 0 Å². The Kier molecular flexibility index (Phi) is 3.97. The number of H-pyrrole nitrogens is 1. The molecule has 6 nitrogen and oxygen atoms in total. The Morgan fingerprint density at radius 1 is 1.12 bits per heavy atom. The van der Waals surface area contributed by atoms with E-state index in [2.05, 4.69) is 21.1 Å². The van der Waals surface area contributed by atoms with Crippen molar-refractivity contribution in [3.05, 3.63) is 54.0 Å². The van der Waals surface area contributed by atoms with Gasteiger partial charge < -0.3 is 15.2 Å². The first-order valence-corrected chi connectivity index (χ1v) is 8.49. The molecule has 0 saturated heterocycles. The number of aliphatic hydroxyl groups is 1. The fourth-order valence-corrected chi connectivity index (χ4v) is 3.32. The van der Waals surface area contributed by atoms with Crippen LogP contribution in [-0.4, -0.2) is 36.6 Å². The van der Waals surface area contributed by atoms with Crippen molar-refractivity contribution in [3.63, 3.8) is 0 Å². The monoisotopic (exact) mass is 348 g/mol. The summed E-state index contributed by atoms with van der Waals surface area (Å²) in [5, 5.41) is 24.3. The number of hydrogen-bond acceptors (Lipinski definition) is 4. The summed E-state index contributed by atoms with van der Waals surface area (Å²) < 4.78 is 1.71. The number of fused-ring (bicyclic) bond motifs is 1. The van der Waals surface area contributed by atoms with Crippen molar-refractivity contribution in [2.24, 2.45) is 0 Å². The number of benzene rings is 1. The summed E-state index contributed by atoms with van der Waals surface area (Å²) in [5.74, 6) is 0.289. The number of aliphatic hydroxyl groups excluding tert-OH is 1. The highest BCUT2D eigenvalue weighted by Crippen LogP contribution is 2.34. The first kappa shape index (κ1) is 16.4. The molecule has 0 amide bonds. The summed E-state index contributed by atoms with van der Waals surface area (Å²) in [6.07, 6.45) is 5.49. The summed E-state index contributed by atoms with van der Waals surface area (Å²) in [5.41, 5.74) is 6.62. The van der Waals surface area contributed by atoms with Crippen molar-refractivity contribution in [3.8, 4) is 28.1 Å². The summed E-state index contributed by atoms with van der Waals surface area (Å²) in [4.78, 5) is 7.86. The van der Waals surface area contributed by atoms with E-state index in [1.807, 2.05) is 38.4 Å². The molecular weight excluding hydrogens is 328 g/mol. The van der Waals surface area contributed by atoms with Crippen molar-refractivity contribution < 1.29 is 10.2 Å². The normalized spacial score (nSPS) is 11.3. The predicted octanol–water partition coefficient (Wildman–Crippen LogP) is 3.41. The first-order valence-electron chi connectivity index (χ1n) is 8.49. The van der Waals surface area contributed by atoms with Gasteiger partial charge in [0.05, 0.1) is 25.0 Å². The van der Waals surface area contributed by atoms with Gasteiger partial charge in [0.1, 0.15) is 11.4 Å². The van der Waals surface area contributed by atoms with Gasteiger partial charge in [0.25, 0.3) is 0 Å². The molecule has 0 unspecified atom stereocenters. The van der Waals surface area contributed by atoms with Crippen LogP contribution in [0.5, 0.6) is 5.75 Å². The maximum atomic E-state index is 10.0. The van der Waals surface area contributed by atoms with Crippen LogP contribution in [0.3, 0.4) is 0 Å². The largest absolute Gasteiger partial charge is 0.508 e. The minimum absolute atomic E-state index is 0.0569. The van der Waals surface area contributed by atoms with E-state index < -0.39 is 0 Å². The third kappa shape index (κ3) is 2.74. The van der Waals surface area contributed by atoms with Crippen molar-refractivity contribution in [2.45, 2.75) is 20.4 Å². The van der Waals surface area contributed by atoms with E-state index in [1.54, 1.807) is 16.9 Å². The Labute approximate surface area is 150 Å². The van der Waals surface area contributed by atoms with Gasteiger partial charge in [0.15, 0.2) is 0 Å². The van der Waals surface area contributed by atoms with Crippen LogP contribution in [0.1, 0.15) is 11.1 Å². The minimum atomic E-state index is 0.0569. The second-order valence-electron chi connectivity index (χ2n) is 6.46. The molecule has 0 bridgehead atoms. The van der Waals surface area contributed by atoms with Crippen LogP contribution in [0.25, 0.3) is 33.4 Å². The van der Waals surface area contributed by atoms with E-state index >= 15 is 0 Å². The number of phenolic OH excluding ortho intramolecular Hbond substituents is 1. The van der Waals surface area contributed by atoms with E-state index in [0.717, 1.165) is 44.5 Å². The lowest BCUT2D eigenvalue weighted by molar-refractivity contribution is 0.269. The second kappa shape index (κ2) is 6.31. The average molecular weight is 348 g/mol. The number of aromatic amines is 1. The molecule has 6 heteroatoms. The van der Waals surface area contributed by atoms with Crippen molar-refractivity contribution in [2.75, 3.05) is 6.61 Å². The third-order valence-electron chi connectivity index (χ3n) is 4.68. The lowest BCUT2D eigenvalue weighted by Gasteiger charge is -2.11. The molecular formula is C20H20N4O2. The Morgan fingerprint density at radius 3 is 2.77 bits per heavy atom. The summed E-state index contributed by atoms with van der Waals surface area (Å²) in [7, 11) is 0. The minimum Gasteiger partial charge on any atom is -0.508 e. The van der Waals surface area contributed by atoms with Crippen molar-refractivity contribution in [1.29, 1.82) is 0 Å². The summed E-state index contributed by atoms with van der Waals surface area (Å²) in [6.45, 7) is 4.48. The molecule has 26 heavy (non-hydrogen) atoms. The molecule has 132 valence electrons. The number of hydrogen-bond donors (Lipinski definition) is 3. The molecule has 4 aromatic rings. The molecule has 0 aliphatic carbocycles. The van der Waals surface area contributed by atoms with Crippen molar-refractivity contribution in [1.82, 2.24) is 19.7 Å². The molecule has 0 fully saturated rings. The number of nitrogens with zero attached hydrogens (tertiary/aromatic N) is 3. The number of rotatable bonds is 4. The van der Waals surface area contributed by atoms with E-state index in [4.69, 9.17) is 5.11 Å². The molecule has 1 aromatic carbocycles. The SMILES string of the molecule is Cc1ccc(O)c(C)c1-c1cnc2[nH]c(-c3cnn(CCO)c3)cc2c1. The fourth-order valence-electron chi connectivity index (χ4n) is 3.32. The quantitative estimate of drug-likeness (QED) is 0.527. The van der Waals surface area contributed by atoms with E-state index in [-0.39, 0.29) is 12.4 Å². The molecule has 0 aliphatic rings. The number of phenols is 1. The van der Waals surface area contributed by atoms with Gasteiger partial charge in [0.2, 0.25) is 0 Å². The van der Waals surface area contributed by atoms with Crippen molar-refractivity contribution >= 4 is 11.0 Å². The molecule has 0 atom stereocenters. The summed E-state index contributed by atoms with van der Waals surface area (Å²) in [6, 6.07) is 7.76. The average Bonchev–Trinajstić information content (AvgIpc) is 3.25. The molecule has 0 radical (unpaired) electrons. The fraction of sp³-hybridized carbons (Fsp3) is 0.200. The van der Waals surface area contributed by atoms with Gasteiger partial charge in [-0.25, -0.2) is 4.98 Å². The van der Waals surface area contributed by atoms with Gasteiger partial charge in [-0.2, -0.15) is 5.10 Å². The van der Waals surface area contributed by atoms with Crippen LogP contribution in [-0.2, 0) is 6.54 Å². The molecule has 0 saturated carbocycles. The van der Waals surface area contributed by atoms with Gasteiger partial charge in [-0.15, -0.1) is 0 Å². The van der Waals surface area contributed by atoms with Crippen LogP contribution in [0, 0.1) is 13.8 Å². The molecule has 0 aliphatic heterocycles. The van der Waals surface area contributed by atoms with Gasteiger partial charge in [-0.05, 0) is 48.7 Å². The number of pyridine rings is 1. The van der Waals surface area contributed by atoms with E-state index in [9.17, 15) is 5.11 Å². The molecule has 4 rings (SSSR count). The zero-order valence-corrected chi connectivity index (χ0v) is 14.7. The Bertz CT molecular complexity index is 1090. The number of nitrogens with one attached hydrogen (secondary N) is 1. The Hall–Kier alpha value is -3.12. The number of aromatic hydroxyl groups is 1. The lowest BCUT2D eigenvalue weighted by Crippen LogP contribution is -2.01. The Balaban J connectivity index is 1.78. The summed E-state index contributed by atoms with van der Waals surface area (Å²) >= 11 is 0. The standard InChI is InChI=1S/C20H20N4O2/c1-12-3-4-18(26)13(2)19(12)15-7-14-8-17(23-20(14)21-9-15)16-10-22-24(11-16)5-6-25/h3-4,7-11,25-26H,5-6H2,1-2H3,(H,21,23). The van der Waals surface area contributed by atoms with Gasteiger partial charge in [0, 0.05) is 28.9 Å². The zero-order valence-electron chi connectivity index (χ0n) is 14.7. The zero-order chi connectivity index (χ0) is 18.3. The highest BCUT2D eigenvalue weighted by molar-refractivity contribution is 5.87. The van der Waals surface area contributed by atoms with Crippen LogP contribution in [0.4, 0.5) is 0 Å². The molecule has 0 spiro atoms. The third-order valence-corrected chi connectivity index (χ3v) is 4.68. The Morgan fingerprint density at radius 2 is 1.96 bits per heavy atom. The van der Waals surface area contributed by atoms with Crippen LogP contribution < -0.4 is 0 Å². The number of aromatic nitrogens is 4. The van der Waals surface area contributed by atoms with Gasteiger partial charge in [-0.1, -0.05) is 6.07 Å². The second-order valence-corrected chi connectivity index (χ2v) is 6.46. The maximum Gasteiger partial charge on any atom is 0.137 e. The molecule has 3 N–H and O–H groups in total. The topological polar surface area (TPSA) is 87.0 Å². The van der Waals surface area contributed by atoms with E-state index in [0.29, 0.717) is 6.54 Å². The highest BCUT2D eigenvalue weighted by Gasteiger charge is 2.12. The van der Waals surface area contributed by atoms with Crippen LogP contribution >= 0.6 is 0 Å².